The Morgan fingerprint density at radius 2 is 1.67 bits per heavy atom. The fourth-order valence-corrected chi connectivity index (χ4v) is 3.99. The number of benzene rings is 1. The third-order valence-corrected chi connectivity index (χ3v) is 5.49. The molecule has 2 unspecified atom stereocenters. The van der Waals surface area contributed by atoms with Gasteiger partial charge in [0.1, 0.15) is 0 Å². The minimum Gasteiger partial charge on any atom is -0.353 e. The number of carbonyl (C=O) groups is 2. The molecule has 3 N–H and O–H groups in total. The van der Waals surface area contributed by atoms with E-state index in [1.807, 2.05) is 24.3 Å². The molecule has 0 radical (unpaired) electrons. The van der Waals surface area contributed by atoms with Crippen LogP contribution in [-0.4, -0.2) is 36.5 Å². The Bertz CT molecular complexity index is 642. The highest BCUT2D eigenvalue weighted by Crippen LogP contribution is 2.26. The van der Waals surface area contributed by atoms with Gasteiger partial charge in [0.2, 0.25) is 5.91 Å². The van der Waals surface area contributed by atoms with E-state index in [1.54, 1.807) is 0 Å². The molecule has 5 nitrogen and oxygen atoms in total. The summed E-state index contributed by atoms with van der Waals surface area (Å²) in [5.41, 5.74) is 1.90. The molecule has 2 aliphatic heterocycles. The summed E-state index contributed by atoms with van der Waals surface area (Å²) in [6.07, 6.45) is 4.82. The second kappa shape index (κ2) is 9.07. The molecule has 0 aliphatic carbocycles. The van der Waals surface area contributed by atoms with Crippen molar-refractivity contribution < 1.29 is 9.59 Å². The van der Waals surface area contributed by atoms with Crippen LogP contribution in [0.5, 0.6) is 0 Å². The molecule has 6 heteroatoms. The smallest absolute Gasteiger partial charge is 0.251 e. The van der Waals surface area contributed by atoms with Gasteiger partial charge in [0.05, 0.1) is 0 Å². The molecular weight excluding hydrogens is 362 g/mol. The molecule has 1 aromatic rings. The minimum absolute atomic E-state index is 0. The van der Waals surface area contributed by atoms with Crippen molar-refractivity contribution in [1.29, 1.82) is 0 Å². The van der Waals surface area contributed by atoms with Gasteiger partial charge >= 0.3 is 0 Å². The standard InChI is InChI=1S/C21H31N3O2.ClH/c1-21(2,3)15-6-4-14(5-7-15)20(26)22-11-10-19(25)24-18-12-16-8-9-17(13-18)23-16;/h4-7,16-18,23H,8-13H2,1-3H3,(H,22,26)(H,24,25);1H. The van der Waals surface area contributed by atoms with Crippen LogP contribution in [0.25, 0.3) is 0 Å². The van der Waals surface area contributed by atoms with Gasteiger partial charge in [-0.15, -0.1) is 12.4 Å². The highest BCUT2D eigenvalue weighted by molar-refractivity contribution is 5.94. The number of rotatable bonds is 5. The zero-order chi connectivity index (χ0) is 18.7. The summed E-state index contributed by atoms with van der Waals surface area (Å²) < 4.78 is 0. The van der Waals surface area contributed by atoms with Crippen LogP contribution in [0.1, 0.15) is 68.8 Å². The number of nitrogens with one attached hydrogen (secondary N) is 3. The predicted octanol–water partition coefficient (Wildman–Crippen LogP) is 2.93. The van der Waals surface area contributed by atoms with E-state index in [-0.39, 0.29) is 35.7 Å². The molecule has 2 heterocycles. The largest absolute Gasteiger partial charge is 0.353 e. The van der Waals surface area contributed by atoms with Gasteiger partial charge in [-0.05, 0) is 48.8 Å². The molecule has 2 atom stereocenters. The normalized spacial score (nSPS) is 24.0. The Kier molecular flexibility index (Phi) is 7.29. The zero-order valence-electron chi connectivity index (χ0n) is 16.5. The Hall–Kier alpha value is -1.59. The fraction of sp³-hybridized carbons (Fsp3) is 0.619. The van der Waals surface area contributed by atoms with E-state index in [0.717, 1.165) is 12.8 Å². The lowest BCUT2D eigenvalue weighted by Crippen LogP contribution is -2.48. The van der Waals surface area contributed by atoms with Crippen LogP contribution in [0, 0.1) is 0 Å². The molecule has 2 bridgehead atoms. The molecule has 2 aliphatic rings. The van der Waals surface area contributed by atoms with Crippen molar-refractivity contribution in [3.63, 3.8) is 0 Å². The maximum absolute atomic E-state index is 12.2. The second-order valence-corrected chi connectivity index (χ2v) is 8.71. The molecule has 3 rings (SSSR count). The first-order valence-corrected chi connectivity index (χ1v) is 9.75. The maximum atomic E-state index is 12.2. The Labute approximate surface area is 168 Å². The van der Waals surface area contributed by atoms with Crippen LogP contribution in [0.3, 0.4) is 0 Å². The summed E-state index contributed by atoms with van der Waals surface area (Å²) in [5.74, 6) is -0.0992. The summed E-state index contributed by atoms with van der Waals surface area (Å²) in [5, 5.41) is 9.54. The Balaban J connectivity index is 0.00000261. The lowest BCUT2D eigenvalue weighted by Gasteiger charge is -2.29. The predicted molar refractivity (Wildman–Crippen MR) is 110 cm³/mol. The quantitative estimate of drug-likeness (QED) is 0.720. The SMILES string of the molecule is CC(C)(C)c1ccc(C(=O)NCCC(=O)NC2CC3CCC(C2)N3)cc1.Cl. The molecule has 0 saturated carbocycles. The van der Waals surface area contributed by atoms with Gasteiger partial charge in [-0.25, -0.2) is 0 Å². The van der Waals surface area contributed by atoms with Crippen LogP contribution < -0.4 is 16.0 Å². The highest BCUT2D eigenvalue weighted by Gasteiger charge is 2.33. The van der Waals surface area contributed by atoms with Crippen molar-refractivity contribution >= 4 is 24.2 Å². The van der Waals surface area contributed by atoms with Gasteiger partial charge in [0, 0.05) is 36.7 Å². The third-order valence-electron chi connectivity index (χ3n) is 5.49. The first kappa shape index (κ1) is 21.7. The van der Waals surface area contributed by atoms with Crippen LogP contribution in [0.2, 0.25) is 0 Å². The number of amides is 2. The third kappa shape index (κ3) is 5.94. The van der Waals surface area contributed by atoms with Gasteiger partial charge in [-0.3, -0.25) is 9.59 Å². The van der Waals surface area contributed by atoms with Crippen molar-refractivity contribution in [1.82, 2.24) is 16.0 Å². The summed E-state index contributed by atoms with van der Waals surface area (Å²) >= 11 is 0. The molecule has 27 heavy (non-hydrogen) atoms. The summed E-state index contributed by atoms with van der Waals surface area (Å²) in [6, 6.07) is 9.09. The number of halogens is 1. The van der Waals surface area contributed by atoms with E-state index in [9.17, 15) is 9.59 Å². The van der Waals surface area contributed by atoms with Crippen LogP contribution in [0.15, 0.2) is 24.3 Å². The average molecular weight is 394 g/mol. The molecule has 2 fully saturated rings. The zero-order valence-corrected chi connectivity index (χ0v) is 17.3. The van der Waals surface area contributed by atoms with Crippen molar-refractivity contribution in [2.24, 2.45) is 0 Å². The molecule has 0 aromatic heterocycles. The lowest BCUT2D eigenvalue weighted by atomic mass is 9.87. The van der Waals surface area contributed by atoms with Gasteiger partial charge in [0.25, 0.3) is 5.91 Å². The molecule has 1 aromatic carbocycles. The van der Waals surface area contributed by atoms with Crippen molar-refractivity contribution in [3.8, 4) is 0 Å². The van der Waals surface area contributed by atoms with Gasteiger partial charge in [-0.2, -0.15) is 0 Å². The highest BCUT2D eigenvalue weighted by atomic mass is 35.5. The number of hydrogen-bond acceptors (Lipinski definition) is 3. The molecule has 0 spiro atoms. The van der Waals surface area contributed by atoms with Crippen molar-refractivity contribution in [2.75, 3.05) is 6.54 Å². The van der Waals surface area contributed by atoms with E-state index in [2.05, 4.69) is 36.7 Å². The van der Waals surface area contributed by atoms with E-state index < -0.39 is 0 Å². The molecule has 2 saturated heterocycles. The van der Waals surface area contributed by atoms with E-state index in [1.165, 1.54) is 18.4 Å². The number of carbonyl (C=O) groups excluding carboxylic acids is 2. The van der Waals surface area contributed by atoms with Crippen LogP contribution >= 0.6 is 12.4 Å². The minimum atomic E-state index is -0.127. The van der Waals surface area contributed by atoms with Gasteiger partial charge < -0.3 is 16.0 Å². The first-order chi connectivity index (χ1) is 12.3. The summed E-state index contributed by atoms with van der Waals surface area (Å²) in [4.78, 5) is 24.4. The summed E-state index contributed by atoms with van der Waals surface area (Å²) in [6.45, 7) is 6.81. The van der Waals surface area contributed by atoms with E-state index >= 15 is 0 Å². The fourth-order valence-electron chi connectivity index (χ4n) is 3.99. The van der Waals surface area contributed by atoms with Crippen LogP contribution in [0.4, 0.5) is 0 Å². The number of piperidine rings is 1. The van der Waals surface area contributed by atoms with E-state index in [0.29, 0.717) is 30.6 Å². The van der Waals surface area contributed by atoms with E-state index in [4.69, 9.17) is 0 Å². The second-order valence-electron chi connectivity index (χ2n) is 8.71. The van der Waals surface area contributed by atoms with Crippen molar-refractivity contribution in [3.05, 3.63) is 35.4 Å². The van der Waals surface area contributed by atoms with Crippen LogP contribution in [-0.2, 0) is 10.2 Å². The van der Waals surface area contributed by atoms with Gasteiger partial charge in [-0.1, -0.05) is 32.9 Å². The molecule has 150 valence electrons. The first-order valence-electron chi connectivity index (χ1n) is 9.75. The number of fused-ring (bicyclic) bond motifs is 2. The topological polar surface area (TPSA) is 70.2 Å². The maximum Gasteiger partial charge on any atom is 0.251 e. The number of hydrogen-bond donors (Lipinski definition) is 3. The van der Waals surface area contributed by atoms with Crippen molar-refractivity contribution in [2.45, 2.75) is 76.4 Å². The monoisotopic (exact) mass is 393 g/mol. The summed E-state index contributed by atoms with van der Waals surface area (Å²) in [7, 11) is 0. The Morgan fingerprint density at radius 1 is 1.07 bits per heavy atom. The lowest BCUT2D eigenvalue weighted by molar-refractivity contribution is -0.121. The average Bonchev–Trinajstić information content (AvgIpc) is 2.92. The molecular formula is C21H32ClN3O2. The molecule has 2 amide bonds. The Morgan fingerprint density at radius 3 is 2.22 bits per heavy atom. The van der Waals surface area contributed by atoms with Gasteiger partial charge in [0.15, 0.2) is 0 Å².